The van der Waals surface area contributed by atoms with Crippen molar-refractivity contribution in [1.82, 2.24) is 9.97 Å². The van der Waals surface area contributed by atoms with Crippen LogP contribution in [0.15, 0.2) is 12.4 Å². The summed E-state index contributed by atoms with van der Waals surface area (Å²) in [6.45, 7) is 2.19. The lowest BCUT2D eigenvalue weighted by atomic mass is 10.4. The molecular formula is C8H10ClN3. The van der Waals surface area contributed by atoms with Crippen molar-refractivity contribution in [3.63, 3.8) is 0 Å². The fraction of sp³-hybridized carbons (Fsp3) is 0.500. The summed E-state index contributed by atoms with van der Waals surface area (Å²) in [5.74, 6) is 0.942. The molecule has 1 fully saturated rings. The highest BCUT2D eigenvalue weighted by molar-refractivity contribution is 6.29. The minimum atomic E-state index is 0.456. The van der Waals surface area contributed by atoms with E-state index in [-0.39, 0.29) is 0 Å². The van der Waals surface area contributed by atoms with Crippen molar-refractivity contribution in [2.75, 3.05) is 18.0 Å². The van der Waals surface area contributed by atoms with Gasteiger partial charge >= 0.3 is 0 Å². The van der Waals surface area contributed by atoms with Crippen LogP contribution in [0.5, 0.6) is 0 Å². The van der Waals surface area contributed by atoms with Gasteiger partial charge in [0.1, 0.15) is 11.0 Å². The molecule has 3 nitrogen and oxygen atoms in total. The standard InChI is InChI=1S/C8H10ClN3/c9-7-5-11-8(6-10-7)12-3-1-2-4-12/h5-6H,1-4H2. The number of hydrogen-bond acceptors (Lipinski definition) is 3. The van der Waals surface area contributed by atoms with Gasteiger partial charge in [-0.25, -0.2) is 9.97 Å². The molecule has 1 aromatic rings. The lowest BCUT2D eigenvalue weighted by Gasteiger charge is -2.14. The van der Waals surface area contributed by atoms with Crippen molar-refractivity contribution in [1.29, 1.82) is 0 Å². The van der Waals surface area contributed by atoms with Crippen LogP contribution in [0.2, 0.25) is 5.15 Å². The van der Waals surface area contributed by atoms with E-state index in [4.69, 9.17) is 11.6 Å². The van der Waals surface area contributed by atoms with Gasteiger partial charge < -0.3 is 4.90 Å². The number of anilines is 1. The van der Waals surface area contributed by atoms with E-state index in [2.05, 4.69) is 14.9 Å². The van der Waals surface area contributed by atoms with Gasteiger partial charge in [0, 0.05) is 13.1 Å². The van der Waals surface area contributed by atoms with Crippen molar-refractivity contribution in [3.05, 3.63) is 17.5 Å². The quantitative estimate of drug-likeness (QED) is 0.664. The molecule has 0 amide bonds. The van der Waals surface area contributed by atoms with E-state index in [1.165, 1.54) is 12.8 Å². The SMILES string of the molecule is Clc1cnc(N2CCCC2)cn1. The van der Waals surface area contributed by atoms with Crippen LogP contribution in [0, 0.1) is 0 Å². The lowest BCUT2D eigenvalue weighted by molar-refractivity contribution is 0.927. The van der Waals surface area contributed by atoms with Crippen LogP contribution < -0.4 is 4.90 Å². The Morgan fingerprint density at radius 1 is 1.17 bits per heavy atom. The first kappa shape index (κ1) is 7.80. The highest BCUT2D eigenvalue weighted by Gasteiger charge is 2.12. The molecule has 0 bridgehead atoms. The molecule has 0 radical (unpaired) electrons. The Hall–Kier alpha value is -0.830. The predicted molar refractivity (Wildman–Crippen MR) is 48.5 cm³/mol. The first-order chi connectivity index (χ1) is 5.86. The Bertz CT molecular complexity index is 254. The molecule has 1 aliphatic heterocycles. The van der Waals surface area contributed by atoms with Crippen LogP contribution in [0.1, 0.15) is 12.8 Å². The number of halogens is 1. The zero-order valence-electron chi connectivity index (χ0n) is 6.70. The average molecular weight is 184 g/mol. The zero-order chi connectivity index (χ0) is 8.39. The summed E-state index contributed by atoms with van der Waals surface area (Å²) >= 11 is 5.63. The van der Waals surface area contributed by atoms with E-state index < -0.39 is 0 Å². The third kappa shape index (κ3) is 1.50. The highest BCUT2D eigenvalue weighted by atomic mass is 35.5. The molecule has 0 aromatic carbocycles. The molecule has 1 saturated heterocycles. The van der Waals surface area contributed by atoms with Gasteiger partial charge in [0.25, 0.3) is 0 Å². The molecule has 4 heteroatoms. The Kier molecular flexibility index (Phi) is 2.13. The first-order valence-electron chi connectivity index (χ1n) is 4.09. The Morgan fingerprint density at radius 3 is 2.50 bits per heavy atom. The van der Waals surface area contributed by atoms with Gasteiger partial charge in [-0.1, -0.05) is 11.6 Å². The molecule has 1 aromatic heterocycles. The topological polar surface area (TPSA) is 29.0 Å². The summed E-state index contributed by atoms with van der Waals surface area (Å²) in [5.41, 5.74) is 0. The second kappa shape index (κ2) is 3.27. The summed E-state index contributed by atoms with van der Waals surface area (Å²) < 4.78 is 0. The average Bonchev–Trinajstić information content (AvgIpc) is 2.58. The van der Waals surface area contributed by atoms with Crippen molar-refractivity contribution in [2.24, 2.45) is 0 Å². The zero-order valence-corrected chi connectivity index (χ0v) is 7.46. The summed E-state index contributed by atoms with van der Waals surface area (Å²) in [7, 11) is 0. The van der Waals surface area contributed by atoms with Crippen LogP contribution in [0.3, 0.4) is 0 Å². The van der Waals surface area contributed by atoms with E-state index >= 15 is 0 Å². The third-order valence-corrected chi connectivity index (χ3v) is 2.23. The lowest BCUT2D eigenvalue weighted by Crippen LogP contribution is -2.18. The summed E-state index contributed by atoms with van der Waals surface area (Å²) in [5, 5.41) is 0.456. The van der Waals surface area contributed by atoms with E-state index in [1.54, 1.807) is 12.4 Å². The Morgan fingerprint density at radius 2 is 1.92 bits per heavy atom. The number of nitrogens with zero attached hydrogens (tertiary/aromatic N) is 3. The monoisotopic (exact) mass is 183 g/mol. The predicted octanol–water partition coefficient (Wildman–Crippen LogP) is 1.73. The summed E-state index contributed by atoms with van der Waals surface area (Å²) in [6, 6.07) is 0. The number of hydrogen-bond donors (Lipinski definition) is 0. The molecular weight excluding hydrogens is 174 g/mol. The summed E-state index contributed by atoms with van der Waals surface area (Å²) in [6.07, 6.45) is 5.83. The van der Waals surface area contributed by atoms with Crippen molar-refractivity contribution >= 4 is 17.4 Å². The van der Waals surface area contributed by atoms with Gasteiger partial charge in [-0.15, -0.1) is 0 Å². The molecule has 0 atom stereocenters. The maximum atomic E-state index is 5.63. The normalized spacial score (nSPS) is 16.9. The largest absolute Gasteiger partial charge is 0.355 e. The van der Waals surface area contributed by atoms with Gasteiger partial charge in [0.05, 0.1) is 12.4 Å². The molecule has 2 heterocycles. The Labute approximate surface area is 76.4 Å². The van der Waals surface area contributed by atoms with E-state index in [0.29, 0.717) is 5.15 Å². The van der Waals surface area contributed by atoms with E-state index in [0.717, 1.165) is 18.9 Å². The Balaban J connectivity index is 2.17. The van der Waals surface area contributed by atoms with E-state index in [9.17, 15) is 0 Å². The van der Waals surface area contributed by atoms with Crippen LogP contribution in [0.25, 0.3) is 0 Å². The third-order valence-electron chi connectivity index (χ3n) is 2.04. The van der Waals surface area contributed by atoms with E-state index in [1.807, 2.05) is 0 Å². The fourth-order valence-corrected chi connectivity index (χ4v) is 1.51. The molecule has 64 valence electrons. The van der Waals surface area contributed by atoms with Crippen molar-refractivity contribution < 1.29 is 0 Å². The minimum Gasteiger partial charge on any atom is -0.355 e. The molecule has 1 aliphatic rings. The van der Waals surface area contributed by atoms with Crippen LogP contribution in [-0.4, -0.2) is 23.1 Å². The van der Waals surface area contributed by atoms with Crippen molar-refractivity contribution in [2.45, 2.75) is 12.8 Å². The molecule has 0 spiro atoms. The maximum Gasteiger partial charge on any atom is 0.147 e. The van der Waals surface area contributed by atoms with Crippen LogP contribution >= 0.6 is 11.6 Å². The van der Waals surface area contributed by atoms with Gasteiger partial charge in [-0.2, -0.15) is 0 Å². The molecule has 12 heavy (non-hydrogen) atoms. The van der Waals surface area contributed by atoms with Crippen LogP contribution in [-0.2, 0) is 0 Å². The first-order valence-corrected chi connectivity index (χ1v) is 4.46. The van der Waals surface area contributed by atoms with Crippen molar-refractivity contribution in [3.8, 4) is 0 Å². The second-order valence-corrected chi connectivity index (χ2v) is 3.28. The summed E-state index contributed by atoms with van der Waals surface area (Å²) in [4.78, 5) is 10.4. The van der Waals surface area contributed by atoms with Gasteiger partial charge in [-0.3, -0.25) is 0 Å². The van der Waals surface area contributed by atoms with Gasteiger partial charge in [-0.05, 0) is 12.8 Å². The molecule has 0 aliphatic carbocycles. The van der Waals surface area contributed by atoms with Gasteiger partial charge in [0.15, 0.2) is 0 Å². The molecule has 0 saturated carbocycles. The fourth-order valence-electron chi connectivity index (χ4n) is 1.41. The molecule has 0 unspecified atom stereocenters. The highest BCUT2D eigenvalue weighted by Crippen LogP contribution is 2.16. The second-order valence-electron chi connectivity index (χ2n) is 2.89. The van der Waals surface area contributed by atoms with Crippen LogP contribution in [0.4, 0.5) is 5.82 Å². The smallest absolute Gasteiger partial charge is 0.147 e. The van der Waals surface area contributed by atoms with Gasteiger partial charge in [0.2, 0.25) is 0 Å². The minimum absolute atomic E-state index is 0.456. The molecule has 2 rings (SSSR count). The maximum absolute atomic E-state index is 5.63. The molecule has 0 N–H and O–H groups in total. The number of rotatable bonds is 1. The number of aromatic nitrogens is 2.